The summed E-state index contributed by atoms with van der Waals surface area (Å²) in [6.07, 6.45) is 8.55. The Morgan fingerprint density at radius 1 is 1.29 bits per heavy atom. The van der Waals surface area contributed by atoms with Gasteiger partial charge in [-0.3, -0.25) is 4.79 Å². The molecule has 0 fully saturated rings. The Balaban J connectivity index is 1.61. The van der Waals surface area contributed by atoms with Crippen molar-refractivity contribution in [2.45, 2.75) is 10.1 Å². The van der Waals surface area contributed by atoms with Crippen molar-refractivity contribution in [3.8, 4) is 0 Å². The quantitative estimate of drug-likeness (QED) is 0.821. The van der Waals surface area contributed by atoms with Gasteiger partial charge in [0.05, 0.1) is 17.0 Å². The average Bonchev–Trinajstić information content (AvgIpc) is 3.06. The van der Waals surface area contributed by atoms with E-state index in [9.17, 15) is 13.2 Å². The molecule has 0 atom stereocenters. The minimum atomic E-state index is -3.56. The summed E-state index contributed by atoms with van der Waals surface area (Å²) in [5, 5.41) is 3.66. The number of carbonyl (C=O) groups is 1. The number of nitrogens with zero attached hydrogens (tertiary/aromatic N) is 4. The predicted molar refractivity (Wildman–Crippen MR) is 108 cm³/mol. The van der Waals surface area contributed by atoms with Gasteiger partial charge in [0, 0.05) is 37.1 Å². The van der Waals surface area contributed by atoms with Gasteiger partial charge in [-0.2, -0.15) is 0 Å². The van der Waals surface area contributed by atoms with Gasteiger partial charge >= 0.3 is 0 Å². The van der Waals surface area contributed by atoms with Gasteiger partial charge in [-0.05, 0) is 36.0 Å². The largest absolute Gasteiger partial charge is 0.331 e. The van der Waals surface area contributed by atoms with E-state index in [-0.39, 0.29) is 23.7 Å². The van der Waals surface area contributed by atoms with Gasteiger partial charge in [0.15, 0.2) is 11.0 Å². The lowest BCUT2D eigenvalue weighted by atomic mass is 10.1. The van der Waals surface area contributed by atoms with Crippen LogP contribution in [0.15, 0.2) is 75.0 Å². The lowest BCUT2D eigenvalue weighted by molar-refractivity contribution is -0.112. The summed E-state index contributed by atoms with van der Waals surface area (Å²) in [6, 6.07) is 7.38. The molecule has 0 spiro atoms. The van der Waals surface area contributed by atoms with Gasteiger partial charge in [0.25, 0.3) is 15.9 Å². The summed E-state index contributed by atoms with van der Waals surface area (Å²) in [5.41, 5.74) is 0.823. The minimum Gasteiger partial charge on any atom is -0.331 e. The van der Waals surface area contributed by atoms with Gasteiger partial charge < -0.3 is 14.8 Å². The van der Waals surface area contributed by atoms with Gasteiger partial charge in [-0.25, -0.2) is 13.4 Å². The van der Waals surface area contributed by atoms with Crippen LogP contribution in [-0.2, 0) is 21.9 Å². The third-order valence-corrected chi connectivity index (χ3v) is 6.52. The number of hydrogen-bond acceptors (Lipinski definition) is 6. The van der Waals surface area contributed by atoms with Crippen molar-refractivity contribution in [1.29, 1.82) is 0 Å². The van der Waals surface area contributed by atoms with Crippen LogP contribution in [-0.4, -0.2) is 46.9 Å². The summed E-state index contributed by atoms with van der Waals surface area (Å²) in [6.45, 7) is 0.272. The zero-order valence-electron chi connectivity index (χ0n) is 14.9. The Morgan fingerprint density at radius 2 is 2.11 bits per heavy atom. The molecule has 2 aromatic rings. The number of imidazole rings is 1. The van der Waals surface area contributed by atoms with Crippen molar-refractivity contribution in [2.24, 2.45) is 11.4 Å². The SMILES string of the molecule is Cn1ccnc1Sc1ccccc1NC(=O)C1=CC=CN2CCS(=O)(=O)N=C12. The number of aromatic nitrogens is 2. The maximum atomic E-state index is 12.9. The summed E-state index contributed by atoms with van der Waals surface area (Å²) in [5.74, 6) is -0.336. The molecule has 1 aromatic carbocycles. The maximum Gasteiger partial charge on any atom is 0.259 e. The molecule has 0 unspecified atom stereocenters. The van der Waals surface area contributed by atoms with E-state index in [0.717, 1.165) is 10.1 Å². The second-order valence-corrected chi connectivity index (χ2v) is 8.95. The lowest BCUT2D eigenvalue weighted by Crippen LogP contribution is -2.40. The molecule has 0 saturated heterocycles. The van der Waals surface area contributed by atoms with Crippen LogP contribution in [0.25, 0.3) is 0 Å². The molecule has 10 heteroatoms. The molecule has 0 radical (unpaired) electrons. The monoisotopic (exact) mass is 415 g/mol. The minimum absolute atomic E-state index is 0.0706. The van der Waals surface area contributed by atoms with Crippen LogP contribution in [0.3, 0.4) is 0 Å². The standard InChI is InChI=1S/C18H17N5O3S2/c1-22-10-8-19-18(22)27-15-7-3-2-6-14(15)20-17(24)13-5-4-9-23-11-12-28(25,26)21-16(13)23/h2-10H,11-12H2,1H3,(H,20,24). The molecule has 4 rings (SSSR count). The molecule has 2 aliphatic heterocycles. The van der Waals surface area contributed by atoms with E-state index in [2.05, 4.69) is 14.7 Å². The van der Waals surface area contributed by atoms with Crippen molar-refractivity contribution < 1.29 is 13.2 Å². The second kappa shape index (κ2) is 7.28. The molecule has 1 N–H and O–H groups in total. The van der Waals surface area contributed by atoms with Crippen LogP contribution in [0.1, 0.15) is 0 Å². The second-order valence-electron chi connectivity index (χ2n) is 6.19. The summed E-state index contributed by atoms with van der Waals surface area (Å²) >= 11 is 1.43. The first-order valence-electron chi connectivity index (χ1n) is 8.47. The number of benzene rings is 1. The van der Waals surface area contributed by atoms with Crippen molar-refractivity contribution in [2.75, 3.05) is 17.6 Å². The van der Waals surface area contributed by atoms with E-state index < -0.39 is 15.9 Å². The van der Waals surface area contributed by atoms with Gasteiger partial charge in [0.2, 0.25) is 0 Å². The van der Waals surface area contributed by atoms with Crippen LogP contribution in [0, 0.1) is 0 Å². The highest BCUT2D eigenvalue weighted by molar-refractivity contribution is 7.99. The summed E-state index contributed by atoms with van der Waals surface area (Å²) in [7, 11) is -1.67. The van der Waals surface area contributed by atoms with Crippen molar-refractivity contribution >= 4 is 39.2 Å². The van der Waals surface area contributed by atoms with Crippen LogP contribution < -0.4 is 5.32 Å². The molecular weight excluding hydrogens is 398 g/mol. The highest BCUT2D eigenvalue weighted by Gasteiger charge is 2.30. The first-order valence-corrected chi connectivity index (χ1v) is 10.9. The Hall–Kier alpha value is -2.85. The number of fused-ring (bicyclic) bond motifs is 1. The molecule has 2 aliphatic rings. The normalized spacial score (nSPS) is 17.5. The zero-order chi connectivity index (χ0) is 19.7. The number of sulfonamides is 1. The number of aryl methyl sites for hydroxylation is 1. The lowest BCUT2D eigenvalue weighted by Gasteiger charge is -2.28. The molecular formula is C18H17N5O3S2. The van der Waals surface area contributed by atoms with Gasteiger partial charge in [0.1, 0.15) is 0 Å². The first-order chi connectivity index (χ1) is 13.4. The number of hydrogen-bond donors (Lipinski definition) is 1. The molecule has 1 amide bonds. The number of carbonyl (C=O) groups excluding carboxylic acids is 1. The molecule has 0 aliphatic carbocycles. The van der Waals surface area contributed by atoms with E-state index >= 15 is 0 Å². The maximum absolute atomic E-state index is 12.9. The van der Waals surface area contributed by atoms with E-state index in [4.69, 9.17) is 0 Å². The molecule has 1 aromatic heterocycles. The summed E-state index contributed by atoms with van der Waals surface area (Å²) < 4.78 is 29.4. The molecule has 0 saturated carbocycles. The number of amides is 1. The third kappa shape index (κ3) is 3.73. The Bertz CT molecular complexity index is 1130. The Labute approximate surface area is 166 Å². The Morgan fingerprint density at radius 3 is 2.89 bits per heavy atom. The number of rotatable bonds is 4. The zero-order valence-corrected chi connectivity index (χ0v) is 16.6. The van der Waals surface area contributed by atoms with Crippen molar-refractivity contribution in [3.63, 3.8) is 0 Å². The topological polar surface area (TPSA) is 96.7 Å². The fourth-order valence-corrected chi connectivity index (χ4v) is 4.67. The van der Waals surface area contributed by atoms with E-state index in [1.165, 1.54) is 11.8 Å². The number of anilines is 1. The fourth-order valence-electron chi connectivity index (χ4n) is 2.79. The van der Waals surface area contributed by atoms with Crippen LogP contribution >= 0.6 is 11.8 Å². The van der Waals surface area contributed by atoms with Gasteiger partial charge in [-0.1, -0.05) is 12.1 Å². The van der Waals surface area contributed by atoms with Crippen molar-refractivity contribution in [3.05, 3.63) is 60.6 Å². The molecule has 144 valence electrons. The van der Waals surface area contributed by atoms with Crippen LogP contribution in [0.4, 0.5) is 5.69 Å². The number of nitrogens with one attached hydrogen (secondary N) is 1. The van der Waals surface area contributed by atoms with Crippen LogP contribution in [0.2, 0.25) is 0 Å². The fraction of sp³-hybridized carbons (Fsp3) is 0.167. The highest BCUT2D eigenvalue weighted by Crippen LogP contribution is 2.32. The van der Waals surface area contributed by atoms with Crippen molar-refractivity contribution in [1.82, 2.24) is 14.5 Å². The van der Waals surface area contributed by atoms with Crippen LogP contribution in [0.5, 0.6) is 0 Å². The highest BCUT2D eigenvalue weighted by atomic mass is 32.2. The predicted octanol–water partition coefficient (Wildman–Crippen LogP) is 2.01. The molecule has 28 heavy (non-hydrogen) atoms. The first kappa shape index (κ1) is 18.5. The molecule has 8 nitrogen and oxygen atoms in total. The number of para-hydroxylation sites is 1. The number of allylic oxidation sites excluding steroid dienone is 2. The third-order valence-electron chi connectivity index (χ3n) is 4.22. The molecule has 0 bridgehead atoms. The Kier molecular flexibility index (Phi) is 4.82. The summed E-state index contributed by atoms with van der Waals surface area (Å²) in [4.78, 5) is 19.7. The molecule has 3 heterocycles. The number of amidine groups is 1. The van der Waals surface area contributed by atoms with E-state index in [0.29, 0.717) is 5.69 Å². The smallest absolute Gasteiger partial charge is 0.259 e. The van der Waals surface area contributed by atoms with E-state index in [1.54, 1.807) is 35.5 Å². The van der Waals surface area contributed by atoms with Gasteiger partial charge in [-0.15, -0.1) is 4.40 Å². The van der Waals surface area contributed by atoms with E-state index in [1.807, 2.05) is 36.0 Å². The average molecular weight is 416 g/mol.